The van der Waals surface area contributed by atoms with Gasteiger partial charge in [0, 0.05) is 28.3 Å². The average molecular weight is 308 g/mol. The van der Waals surface area contributed by atoms with Gasteiger partial charge in [0.1, 0.15) is 12.1 Å². The fourth-order valence-electron chi connectivity index (χ4n) is 1.55. The fourth-order valence-corrected chi connectivity index (χ4v) is 1.95. The van der Waals surface area contributed by atoms with E-state index >= 15 is 0 Å². The van der Waals surface area contributed by atoms with Crippen molar-refractivity contribution in [3.05, 3.63) is 46.3 Å². The van der Waals surface area contributed by atoms with Crippen molar-refractivity contribution in [1.29, 1.82) is 0 Å². The molecule has 1 aromatic carbocycles. The summed E-state index contributed by atoms with van der Waals surface area (Å²) in [4.78, 5) is 8.23. The lowest BCUT2D eigenvalue weighted by Gasteiger charge is -2.09. The number of nitrogens with zero attached hydrogens (tertiary/aromatic N) is 2. The van der Waals surface area contributed by atoms with Crippen molar-refractivity contribution in [2.45, 2.75) is 19.9 Å². The largest absolute Gasteiger partial charge is 0.439 e. The SMILES string of the molecule is CCc1cc(Oc2ccc(Br)cc2CN)ncn1. The molecule has 0 saturated carbocycles. The quantitative estimate of drug-likeness (QED) is 0.943. The van der Waals surface area contributed by atoms with Crippen molar-refractivity contribution in [2.24, 2.45) is 5.73 Å². The molecule has 0 saturated heterocycles. The van der Waals surface area contributed by atoms with Gasteiger partial charge in [-0.3, -0.25) is 0 Å². The van der Waals surface area contributed by atoms with Crippen molar-refractivity contribution in [1.82, 2.24) is 9.97 Å². The molecule has 0 amide bonds. The van der Waals surface area contributed by atoms with Gasteiger partial charge in [-0.15, -0.1) is 0 Å². The average Bonchev–Trinajstić information content (AvgIpc) is 2.41. The van der Waals surface area contributed by atoms with Gasteiger partial charge in [-0.05, 0) is 24.6 Å². The Bertz CT molecular complexity index is 546. The lowest BCUT2D eigenvalue weighted by molar-refractivity contribution is 0.454. The molecule has 2 N–H and O–H groups in total. The molecule has 18 heavy (non-hydrogen) atoms. The Labute approximate surface area is 114 Å². The molecule has 0 radical (unpaired) electrons. The highest BCUT2D eigenvalue weighted by Crippen LogP contribution is 2.26. The molecule has 94 valence electrons. The monoisotopic (exact) mass is 307 g/mol. The van der Waals surface area contributed by atoms with Crippen LogP contribution in [0.15, 0.2) is 35.1 Å². The minimum absolute atomic E-state index is 0.417. The van der Waals surface area contributed by atoms with Gasteiger partial charge in [-0.25, -0.2) is 9.97 Å². The zero-order valence-electron chi connectivity index (χ0n) is 10.1. The Hall–Kier alpha value is -1.46. The lowest BCUT2D eigenvalue weighted by Crippen LogP contribution is -2.00. The Kier molecular flexibility index (Phi) is 4.28. The third-order valence-corrected chi connectivity index (χ3v) is 3.01. The van der Waals surface area contributed by atoms with E-state index in [4.69, 9.17) is 10.5 Å². The van der Waals surface area contributed by atoms with E-state index in [1.165, 1.54) is 6.33 Å². The second-order valence-electron chi connectivity index (χ2n) is 3.76. The Morgan fingerprint density at radius 2 is 2.11 bits per heavy atom. The highest BCUT2D eigenvalue weighted by Gasteiger charge is 2.06. The number of hydrogen-bond donors (Lipinski definition) is 1. The predicted octanol–water partition coefficient (Wildman–Crippen LogP) is 3.05. The van der Waals surface area contributed by atoms with Crippen molar-refractivity contribution < 1.29 is 4.74 Å². The van der Waals surface area contributed by atoms with Crippen LogP contribution in [0.2, 0.25) is 0 Å². The first-order valence-electron chi connectivity index (χ1n) is 5.70. The number of aryl methyl sites for hydroxylation is 1. The van der Waals surface area contributed by atoms with Crippen LogP contribution in [0.3, 0.4) is 0 Å². The minimum atomic E-state index is 0.417. The van der Waals surface area contributed by atoms with Crippen LogP contribution >= 0.6 is 15.9 Å². The summed E-state index contributed by atoms with van der Waals surface area (Å²) in [5.41, 5.74) is 7.58. The van der Waals surface area contributed by atoms with Gasteiger partial charge in [-0.2, -0.15) is 0 Å². The third kappa shape index (κ3) is 3.05. The molecule has 0 fully saturated rings. The number of nitrogens with two attached hydrogens (primary N) is 1. The van der Waals surface area contributed by atoms with Crippen molar-refractivity contribution >= 4 is 15.9 Å². The van der Waals surface area contributed by atoms with Gasteiger partial charge in [0.15, 0.2) is 0 Å². The van der Waals surface area contributed by atoms with Gasteiger partial charge in [0.2, 0.25) is 5.88 Å². The Morgan fingerprint density at radius 1 is 1.28 bits per heavy atom. The molecular weight excluding hydrogens is 294 g/mol. The molecule has 1 heterocycles. The van der Waals surface area contributed by atoms with Crippen LogP contribution in [-0.4, -0.2) is 9.97 Å². The molecule has 0 spiro atoms. The van der Waals surface area contributed by atoms with Gasteiger partial charge in [0.05, 0.1) is 0 Å². The predicted molar refractivity (Wildman–Crippen MR) is 73.5 cm³/mol. The molecule has 0 bridgehead atoms. The van der Waals surface area contributed by atoms with E-state index < -0.39 is 0 Å². The first-order chi connectivity index (χ1) is 8.72. The first kappa shape index (κ1) is 13.0. The molecule has 5 heteroatoms. The maximum absolute atomic E-state index is 5.75. The summed E-state index contributed by atoms with van der Waals surface area (Å²) in [5.74, 6) is 1.26. The standard InChI is InChI=1S/C13H14BrN3O/c1-2-11-6-13(17-8-16-11)18-12-4-3-10(14)5-9(12)7-15/h3-6,8H,2,7,15H2,1H3. The lowest BCUT2D eigenvalue weighted by atomic mass is 10.2. The number of ether oxygens (including phenoxy) is 1. The summed E-state index contributed by atoms with van der Waals surface area (Å²) < 4.78 is 6.72. The Balaban J connectivity index is 2.27. The molecular formula is C13H14BrN3O. The van der Waals surface area contributed by atoms with Crippen LogP contribution < -0.4 is 10.5 Å². The number of halogens is 1. The second-order valence-corrected chi connectivity index (χ2v) is 4.68. The topological polar surface area (TPSA) is 61.0 Å². The van der Waals surface area contributed by atoms with E-state index in [2.05, 4.69) is 25.9 Å². The molecule has 2 rings (SSSR count). The van der Waals surface area contributed by atoms with Crippen LogP contribution in [0.25, 0.3) is 0 Å². The number of benzene rings is 1. The van der Waals surface area contributed by atoms with Crippen LogP contribution in [0.4, 0.5) is 0 Å². The van der Waals surface area contributed by atoms with Crippen LogP contribution in [0, 0.1) is 0 Å². The smallest absolute Gasteiger partial charge is 0.222 e. The summed E-state index contributed by atoms with van der Waals surface area (Å²) in [6.07, 6.45) is 2.36. The summed E-state index contributed by atoms with van der Waals surface area (Å²) in [7, 11) is 0. The molecule has 0 aliphatic rings. The summed E-state index contributed by atoms with van der Waals surface area (Å²) in [6.45, 7) is 2.46. The summed E-state index contributed by atoms with van der Waals surface area (Å²) >= 11 is 3.41. The van der Waals surface area contributed by atoms with Gasteiger partial charge >= 0.3 is 0 Å². The van der Waals surface area contributed by atoms with E-state index in [9.17, 15) is 0 Å². The maximum atomic E-state index is 5.75. The second kappa shape index (κ2) is 5.93. The molecule has 0 unspecified atom stereocenters. The summed E-state index contributed by atoms with van der Waals surface area (Å²) in [5, 5.41) is 0. The number of rotatable bonds is 4. The van der Waals surface area contributed by atoms with E-state index in [-0.39, 0.29) is 0 Å². The van der Waals surface area contributed by atoms with Gasteiger partial charge in [0.25, 0.3) is 0 Å². The highest BCUT2D eigenvalue weighted by molar-refractivity contribution is 9.10. The number of hydrogen-bond acceptors (Lipinski definition) is 4. The molecule has 0 atom stereocenters. The zero-order valence-corrected chi connectivity index (χ0v) is 11.6. The normalized spacial score (nSPS) is 10.4. The molecule has 0 aliphatic carbocycles. The van der Waals surface area contributed by atoms with E-state index in [1.807, 2.05) is 31.2 Å². The van der Waals surface area contributed by atoms with Crippen LogP contribution in [0.5, 0.6) is 11.6 Å². The molecule has 2 aromatic rings. The molecule has 1 aromatic heterocycles. The van der Waals surface area contributed by atoms with E-state index in [0.29, 0.717) is 12.4 Å². The summed E-state index contributed by atoms with van der Waals surface area (Å²) in [6, 6.07) is 7.57. The van der Waals surface area contributed by atoms with Crippen molar-refractivity contribution in [3.8, 4) is 11.6 Å². The van der Waals surface area contributed by atoms with Crippen molar-refractivity contribution in [3.63, 3.8) is 0 Å². The molecule has 4 nitrogen and oxygen atoms in total. The fraction of sp³-hybridized carbons (Fsp3) is 0.231. The highest BCUT2D eigenvalue weighted by atomic mass is 79.9. The van der Waals surface area contributed by atoms with Crippen molar-refractivity contribution in [2.75, 3.05) is 0 Å². The minimum Gasteiger partial charge on any atom is -0.439 e. The zero-order chi connectivity index (χ0) is 13.0. The van der Waals surface area contributed by atoms with E-state index in [1.54, 1.807) is 0 Å². The van der Waals surface area contributed by atoms with E-state index in [0.717, 1.165) is 27.9 Å². The van der Waals surface area contributed by atoms with Gasteiger partial charge < -0.3 is 10.5 Å². The number of aromatic nitrogens is 2. The molecule has 0 aliphatic heterocycles. The van der Waals surface area contributed by atoms with Gasteiger partial charge in [-0.1, -0.05) is 22.9 Å². The first-order valence-corrected chi connectivity index (χ1v) is 6.49. The Morgan fingerprint density at radius 3 is 2.83 bits per heavy atom. The maximum Gasteiger partial charge on any atom is 0.222 e. The van der Waals surface area contributed by atoms with Crippen LogP contribution in [-0.2, 0) is 13.0 Å². The van der Waals surface area contributed by atoms with Crippen LogP contribution in [0.1, 0.15) is 18.2 Å². The third-order valence-electron chi connectivity index (χ3n) is 2.52.